The first-order valence-electron chi connectivity index (χ1n) is 15.0. The standard InChI is InChI=1S/C34H32IN3O9S/c1-5-44-26-12-11-22(17-27(26)45-6-2)30-24(33(40)43-4)18-36-34-37(30)32(39)29(48-34)16-21-14-25(35)31(28(15-21)46-7-3)47-19-20-9-8-10-23(13-20)38(41)42/h8-18,30H,5-7,19H2,1-4H3/b29-16-/t30-/m1/s1. The summed E-state index contributed by atoms with van der Waals surface area (Å²) in [6, 6.07) is 14.4. The van der Waals surface area contributed by atoms with Crippen LogP contribution >= 0.6 is 33.9 Å². The average molecular weight is 786 g/mol. The molecule has 1 atom stereocenters. The van der Waals surface area contributed by atoms with Crippen LogP contribution in [0.25, 0.3) is 6.08 Å². The number of rotatable bonds is 13. The lowest BCUT2D eigenvalue weighted by Gasteiger charge is -2.23. The highest BCUT2D eigenvalue weighted by molar-refractivity contribution is 14.1. The van der Waals surface area contributed by atoms with Gasteiger partial charge in [0.05, 0.1) is 51.6 Å². The lowest BCUT2D eigenvalue weighted by Crippen LogP contribution is -2.39. The highest BCUT2D eigenvalue weighted by Gasteiger charge is 2.31. The van der Waals surface area contributed by atoms with E-state index in [1.807, 2.05) is 26.8 Å². The molecule has 1 aliphatic rings. The summed E-state index contributed by atoms with van der Waals surface area (Å²) in [4.78, 5) is 42.6. The minimum atomic E-state index is -0.825. The van der Waals surface area contributed by atoms with Gasteiger partial charge in [0.15, 0.2) is 27.8 Å². The van der Waals surface area contributed by atoms with Crippen LogP contribution in [-0.4, -0.2) is 42.4 Å². The fourth-order valence-electron chi connectivity index (χ4n) is 5.13. The van der Waals surface area contributed by atoms with Gasteiger partial charge in [-0.15, -0.1) is 0 Å². The number of nitrogens with zero attached hydrogens (tertiary/aromatic N) is 3. The fraction of sp³-hybridized carbons (Fsp3) is 0.265. The van der Waals surface area contributed by atoms with Gasteiger partial charge in [0.25, 0.3) is 11.2 Å². The Hall–Kier alpha value is -4.70. The maximum Gasteiger partial charge on any atom is 0.337 e. The van der Waals surface area contributed by atoms with Gasteiger partial charge in [-0.05, 0) is 90.4 Å². The van der Waals surface area contributed by atoms with E-state index >= 15 is 0 Å². The van der Waals surface area contributed by atoms with Crippen LogP contribution in [0.5, 0.6) is 23.0 Å². The van der Waals surface area contributed by atoms with E-state index in [1.54, 1.807) is 42.5 Å². The van der Waals surface area contributed by atoms with Crippen molar-refractivity contribution in [3.63, 3.8) is 0 Å². The van der Waals surface area contributed by atoms with Crippen molar-refractivity contribution < 1.29 is 33.4 Å². The molecular formula is C34H32IN3O9S. The zero-order valence-corrected chi connectivity index (χ0v) is 29.5. The number of aromatic nitrogens is 1. The fourth-order valence-corrected chi connectivity index (χ4v) is 6.88. The number of non-ortho nitro benzene ring substituents is 1. The number of nitro benzene ring substituents is 1. The molecule has 4 aromatic rings. The van der Waals surface area contributed by atoms with Gasteiger partial charge in [-0.3, -0.25) is 19.5 Å². The van der Waals surface area contributed by atoms with Crippen LogP contribution in [0.1, 0.15) is 43.5 Å². The molecule has 0 saturated heterocycles. The summed E-state index contributed by atoms with van der Waals surface area (Å²) in [7, 11) is 1.28. The molecule has 250 valence electrons. The van der Waals surface area contributed by atoms with E-state index in [-0.39, 0.29) is 23.4 Å². The molecule has 1 aliphatic heterocycles. The van der Waals surface area contributed by atoms with Crippen LogP contribution in [0.15, 0.2) is 76.2 Å². The van der Waals surface area contributed by atoms with Gasteiger partial charge in [0, 0.05) is 18.3 Å². The second-order valence-electron chi connectivity index (χ2n) is 10.2. The van der Waals surface area contributed by atoms with E-state index in [9.17, 15) is 19.7 Å². The van der Waals surface area contributed by atoms with Crippen molar-refractivity contribution in [1.29, 1.82) is 0 Å². The Morgan fingerprint density at radius 1 is 1.00 bits per heavy atom. The third-order valence-corrected chi connectivity index (χ3v) is 8.94. The number of hydrogen-bond donors (Lipinski definition) is 0. The number of methoxy groups -OCH3 is 1. The molecule has 12 nitrogen and oxygen atoms in total. The van der Waals surface area contributed by atoms with Crippen molar-refractivity contribution >= 4 is 51.7 Å². The van der Waals surface area contributed by atoms with Crippen molar-refractivity contribution in [3.05, 3.63) is 116 Å². The normalized spacial score (nSPS) is 14.0. The molecule has 48 heavy (non-hydrogen) atoms. The molecule has 0 aliphatic carbocycles. The second-order valence-corrected chi connectivity index (χ2v) is 12.4. The molecule has 1 aromatic heterocycles. The van der Waals surface area contributed by atoms with E-state index in [1.165, 1.54) is 41.3 Å². The van der Waals surface area contributed by atoms with E-state index in [0.29, 0.717) is 72.4 Å². The third-order valence-electron chi connectivity index (χ3n) is 7.14. The van der Waals surface area contributed by atoms with Gasteiger partial charge in [0.1, 0.15) is 6.61 Å². The summed E-state index contributed by atoms with van der Waals surface area (Å²) in [5.41, 5.74) is 1.77. The number of thiazole rings is 1. The summed E-state index contributed by atoms with van der Waals surface area (Å²) >= 11 is 3.32. The molecule has 0 spiro atoms. The smallest absolute Gasteiger partial charge is 0.337 e. The average Bonchev–Trinajstić information content (AvgIpc) is 3.39. The van der Waals surface area contributed by atoms with E-state index in [4.69, 9.17) is 23.7 Å². The first-order valence-corrected chi connectivity index (χ1v) is 16.9. The predicted octanol–water partition coefficient (Wildman–Crippen LogP) is 5.31. The molecule has 0 fully saturated rings. The molecule has 0 unspecified atom stereocenters. The van der Waals surface area contributed by atoms with Crippen LogP contribution in [0.4, 0.5) is 5.69 Å². The number of hydrogen-bond acceptors (Lipinski definition) is 11. The van der Waals surface area contributed by atoms with Crippen LogP contribution in [0, 0.1) is 13.7 Å². The number of fused-ring (bicyclic) bond motifs is 1. The lowest BCUT2D eigenvalue weighted by atomic mass is 9.97. The summed E-state index contributed by atoms with van der Waals surface area (Å²) in [6.45, 7) is 6.87. The van der Waals surface area contributed by atoms with Crippen LogP contribution in [-0.2, 0) is 16.1 Å². The molecule has 0 bridgehead atoms. The summed E-state index contributed by atoms with van der Waals surface area (Å²) in [5, 5.41) is 11.2. The number of carbonyl (C=O) groups excluding carboxylic acids is 1. The molecule has 0 N–H and O–H groups in total. The van der Waals surface area contributed by atoms with Crippen LogP contribution in [0.2, 0.25) is 0 Å². The molecule has 0 amide bonds. The molecule has 3 aromatic carbocycles. The lowest BCUT2D eigenvalue weighted by molar-refractivity contribution is -0.384. The highest BCUT2D eigenvalue weighted by atomic mass is 127. The quantitative estimate of drug-likeness (QED) is 0.0764. The number of carbonyl (C=O) groups is 1. The Morgan fingerprint density at radius 3 is 2.44 bits per heavy atom. The van der Waals surface area contributed by atoms with E-state index < -0.39 is 16.9 Å². The van der Waals surface area contributed by atoms with Crippen molar-refractivity contribution in [2.45, 2.75) is 33.4 Å². The van der Waals surface area contributed by atoms with Crippen molar-refractivity contribution in [1.82, 2.24) is 4.57 Å². The first kappa shape index (κ1) is 34.6. The topological polar surface area (TPSA) is 141 Å². The SMILES string of the molecule is CCOc1ccc([C@@H]2C(C(=O)OC)=CN=c3s/c(=C\c4cc(I)c(OCc5cccc([N+](=O)[O-])c5)c(OCC)c4)c(=O)n32)cc1OCC. The molecule has 0 saturated carbocycles. The summed E-state index contributed by atoms with van der Waals surface area (Å²) in [6.07, 6.45) is 3.17. The van der Waals surface area contributed by atoms with Crippen molar-refractivity contribution in [3.8, 4) is 23.0 Å². The highest BCUT2D eigenvalue weighted by Crippen LogP contribution is 2.36. The number of benzene rings is 3. The largest absolute Gasteiger partial charge is 0.490 e. The van der Waals surface area contributed by atoms with Gasteiger partial charge in [-0.2, -0.15) is 0 Å². The molecule has 2 heterocycles. The Labute approximate surface area is 293 Å². The molecule has 5 rings (SSSR count). The number of ether oxygens (including phenoxy) is 5. The monoisotopic (exact) mass is 785 g/mol. The Bertz CT molecular complexity index is 2070. The number of halogens is 1. The predicted molar refractivity (Wildman–Crippen MR) is 188 cm³/mol. The summed E-state index contributed by atoms with van der Waals surface area (Å²) in [5.74, 6) is 1.37. The van der Waals surface area contributed by atoms with Crippen molar-refractivity contribution in [2.24, 2.45) is 4.99 Å². The van der Waals surface area contributed by atoms with Gasteiger partial charge in [0.2, 0.25) is 0 Å². The minimum absolute atomic E-state index is 0.0224. The zero-order valence-electron chi connectivity index (χ0n) is 26.6. The number of esters is 1. The minimum Gasteiger partial charge on any atom is -0.490 e. The van der Waals surface area contributed by atoms with Gasteiger partial charge < -0.3 is 23.7 Å². The Balaban J connectivity index is 1.55. The van der Waals surface area contributed by atoms with Crippen molar-refractivity contribution in [2.75, 3.05) is 26.9 Å². The zero-order chi connectivity index (χ0) is 34.4. The van der Waals surface area contributed by atoms with Crippen LogP contribution in [0.3, 0.4) is 0 Å². The van der Waals surface area contributed by atoms with Crippen LogP contribution < -0.4 is 33.8 Å². The Morgan fingerprint density at radius 2 is 1.73 bits per heavy atom. The maximum atomic E-state index is 14.1. The first-order chi connectivity index (χ1) is 23.2. The second kappa shape index (κ2) is 15.5. The maximum absolute atomic E-state index is 14.1. The van der Waals surface area contributed by atoms with E-state index in [2.05, 4.69) is 27.6 Å². The Kier molecular flexibility index (Phi) is 11.2. The number of nitro groups is 1. The van der Waals surface area contributed by atoms with E-state index in [0.717, 1.165) is 0 Å². The molecular weight excluding hydrogens is 753 g/mol. The van der Waals surface area contributed by atoms with Gasteiger partial charge in [-0.25, -0.2) is 9.79 Å². The third kappa shape index (κ3) is 7.39. The van der Waals surface area contributed by atoms with Gasteiger partial charge in [-0.1, -0.05) is 29.5 Å². The molecule has 0 radical (unpaired) electrons. The van der Waals surface area contributed by atoms with Gasteiger partial charge >= 0.3 is 5.97 Å². The molecule has 14 heteroatoms. The summed E-state index contributed by atoms with van der Waals surface area (Å²) < 4.78 is 31.2.